The number of sulfonamides is 1. The second-order valence-electron chi connectivity index (χ2n) is 8.07. The van der Waals surface area contributed by atoms with Crippen LogP contribution in [0.5, 0.6) is 11.5 Å². The number of nitrogens with zero attached hydrogens (tertiary/aromatic N) is 1. The fourth-order valence-electron chi connectivity index (χ4n) is 3.75. The molecule has 180 valence electrons. The Balaban J connectivity index is 1.90. The lowest BCUT2D eigenvalue weighted by atomic mass is 10.1. The second kappa shape index (κ2) is 10.6. The van der Waals surface area contributed by atoms with E-state index in [0.29, 0.717) is 17.2 Å². The molecule has 3 rings (SSSR count). The summed E-state index contributed by atoms with van der Waals surface area (Å²) in [7, 11) is -0.871. The second-order valence-corrected chi connectivity index (χ2v) is 9.94. The van der Waals surface area contributed by atoms with Crippen LogP contribution < -0.4 is 19.1 Å². The average Bonchev–Trinajstić information content (AvgIpc) is 2.81. The zero-order valence-electron chi connectivity index (χ0n) is 20.0. The number of hydrogen-bond acceptors (Lipinski definition) is 5. The van der Waals surface area contributed by atoms with Gasteiger partial charge in [-0.25, -0.2) is 8.42 Å². The number of anilines is 1. The van der Waals surface area contributed by atoms with Crippen molar-refractivity contribution in [3.63, 3.8) is 0 Å². The van der Waals surface area contributed by atoms with E-state index < -0.39 is 15.9 Å². The van der Waals surface area contributed by atoms with E-state index in [9.17, 15) is 13.2 Å². The van der Waals surface area contributed by atoms with Gasteiger partial charge in [-0.1, -0.05) is 30.3 Å². The van der Waals surface area contributed by atoms with Crippen molar-refractivity contribution in [1.29, 1.82) is 0 Å². The molecule has 0 bridgehead atoms. The molecule has 7 nitrogen and oxygen atoms in total. The van der Waals surface area contributed by atoms with Crippen molar-refractivity contribution in [2.24, 2.45) is 0 Å². The van der Waals surface area contributed by atoms with E-state index in [1.807, 2.05) is 32.9 Å². The maximum Gasteiger partial charge on any atom is 0.264 e. The van der Waals surface area contributed by atoms with Gasteiger partial charge in [0, 0.05) is 0 Å². The van der Waals surface area contributed by atoms with Crippen LogP contribution in [-0.2, 0) is 14.8 Å². The van der Waals surface area contributed by atoms with Gasteiger partial charge in [0.1, 0.15) is 6.54 Å². The van der Waals surface area contributed by atoms with Crippen LogP contribution in [0.15, 0.2) is 71.6 Å². The standard InChI is InChI=1S/C26H30N2O5S/c1-18-13-19(2)15-22(14-18)28(34(30,31)23-9-7-6-8-10-23)17-26(29)27-20(3)21-11-12-24(32-4)25(16-21)33-5/h6-16,20H,17H2,1-5H3,(H,27,29)/t20-/m0/s1. The molecular weight excluding hydrogens is 452 g/mol. The third-order valence-electron chi connectivity index (χ3n) is 5.40. The normalized spacial score (nSPS) is 12.0. The highest BCUT2D eigenvalue weighted by Gasteiger charge is 2.28. The molecule has 0 radical (unpaired) electrons. The van der Waals surface area contributed by atoms with Crippen LogP contribution in [0.2, 0.25) is 0 Å². The van der Waals surface area contributed by atoms with Crippen molar-refractivity contribution in [2.45, 2.75) is 31.7 Å². The largest absolute Gasteiger partial charge is 0.493 e. The minimum absolute atomic E-state index is 0.120. The molecule has 0 unspecified atom stereocenters. The number of carbonyl (C=O) groups is 1. The van der Waals surface area contributed by atoms with E-state index in [0.717, 1.165) is 21.0 Å². The summed E-state index contributed by atoms with van der Waals surface area (Å²) in [5.41, 5.74) is 3.05. The van der Waals surface area contributed by atoms with Gasteiger partial charge in [-0.2, -0.15) is 0 Å². The van der Waals surface area contributed by atoms with E-state index in [4.69, 9.17) is 9.47 Å². The molecule has 0 aliphatic carbocycles. The van der Waals surface area contributed by atoms with Gasteiger partial charge in [-0.05, 0) is 73.9 Å². The zero-order valence-corrected chi connectivity index (χ0v) is 20.8. The van der Waals surface area contributed by atoms with Crippen LogP contribution in [0.3, 0.4) is 0 Å². The number of amides is 1. The number of carbonyl (C=O) groups excluding carboxylic acids is 1. The van der Waals surface area contributed by atoms with Gasteiger partial charge >= 0.3 is 0 Å². The van der Waals surface area contributed by atoms with Crippen LogP contribution >= 0.6 is 0 Å². The maximum atomic E-state index is 13.5. The van der Waals surface area contributed by atoms with Crippen LogP contribution in [0, 0.1) is 13.8 Å². The number of hydrogen-bond donors (Lipinski definition) is 1. The molecular formula is C26H30N2O5S. The van der Waals surface area contributed by atoms with E-state index >= 15 is 0 Å². The first-order valence-electron chi connectivity index (χ1n) is 10.8. The van der Waals surface area contributed by atoms with Crippen molar-refractivity contribution >= 4 is 21.6 Å². The summed E-state index contributed by atoms with van der Waals surface area (Å²) in [4.78, 5) is 13.2. The Morgan fingerprint density at radius 3 is 2.12 bits per heavy atom. The molecule has 0 aliphatic heterocycles. The third kappa shape index (κ3) is 5.69. The summed E-state index contributed by atoms with van der Waals surface area (Å²) in [6.45, 7) is 5.25. The molecule has 0 spiro atoms. The van der Waals surface area contributed by atoms with Gasteiger partial charge in [0.2, 0.25) is 5.91 Å². The average molecular weight is 483 g/mol. The lowest BCUT2D eigenvalue weighted by Crippen LogP contribution is -2.41. The molecule has 1 amide bonds. The number of benzene rings is 3. The molecule has 8 heteroatoms. The monoisotopic (exact) mass is 482 g/mol. The molecule has 0 saturated heterocycles. The Morgan fingerprint density at radius 2 is 1.53 bits per heavy atom. The molecule has 0 fully saturated rings. The molecule has 3 aromatic carbocycles. The van der Waals surface area contributed by atoms with Crippen LogP contribution in [0.4, 0.5) is 5.69 Å². The van der Waals surface area contributed by atoms with E-state index in [1.54, 1.807) is 56.7 Å². The summed E-state index contributed by atoms with van der Waals surface area (Å²) in [5, 5.41) is 2.90. The van der Waals surface area contributed by atoms with E-state index in [1.165, 1.54) is 12.1 Å². The first-order chi connectivity index (χ1) is 16.1. The number of aryl methyl sites for hydroxylation is 2. The summed E-state index contributed by atoms with van der Waals surface area (Å²) in [6, 6.07) is 18.6. The Hall–Kier alpha value is -3.52. The molecule has 34 heavy (non-hydrogen) atoms. The van der Waals surface area contributed by atoms with Gasteiger partial charge in [0.05, 0.1) is 30.8 Å². The van der Waals surface area contributed by atoms with Crippen LogP contribution in [0.25, 0.3) is 0 Å². The number of methoxy groups -OCH3 is 2. The number of rotatable bonds is 9. The summed E-state index contributed by atoms with van der Waals surface area (Å²) >= 11 is 0. The lowest BCUT2D eigenvalue weighted by molar-refractivity contribution is -0.120. The number of nitrogens with one attached hydrogen (secondary N) is 1. The van der Waals surface area contributed by atoms with Gasteiger partial charge < -0.3 is 14.8 Å². The van der Waals surface area contributed by atoms with Crippen LogP contribution in [-0.4, -0.2) is 35.1 Å². The van der Waals surface area contributed by atoms with Crippen molar-refractivity contribution in [2.75, 3.05) is 25.1 Å². The molecule has 1 N–H and O–H groups in total. The summed E-state index contributed by atoms with van der Waals surface area (Å²) in [6.07, 6.45) is 0. The van der Waals surface area contributed by atoms with Crippen molar-refractivity contribution in [3.8, 4) is 11.5 Å². The van der Waals surface area contributed by atoms with Gasteiger partial charge in [0.25, 0.3) is 10.0 Å². The maximum absolute atomic E-state index is 13.5. The molecule has 0 heterocycles. The Labute approximate surface area is 201 Å². The third-order valence-corrected chi connectivity index (χ3v) is 7.19. The molecule has 0 aromatic heterocycles. The zero-order chi connectivity index (χ0) is 24.9. The van der Waals surface area contributed by atoms with Crippen molar-refractivity contribution in [3.05, 3.63) is 83.4 Å². The van der Waals surface area contributed by atoms with E-state index in [2.05, 4.69) is 5.32 Å². The predicted molar refractivity (Wildman–Crippen MR) is 133 cm³/mol. The highest BCUT2D eigenvalue weighted by Crippen LogP contribution is 2.30. The minimum atomic E-state index is -3.97. The highest BCUT2D eigenvalue weighted by molar-refractivity contribution is 7.92. The minimum Gasteiger partial charge on any atom is -0.493 e. The van der Waals surface area contributed by atoms with Gasteiger partial charge in [-0.3, -0.25) is 9.10 Å². The topological polar surface area (TPSA) is 84.9 Å². The molecule has 3 aromatic rings. The van der Waals surface area contributed by atoms with Gasteiger partial charge in [0.15, 0.2) is 11.5 Å². The molecule has 0 saturated carbocycles. The smallest absolute Gasteiger partial charge is 0.264 e. The predicted octanol–water partition coefficient (Wildman–Crippen LogP) is 4.39. The first-order valence-corrected chi connectivity index (χ1v) is 12.3. The molecule has 0 aliphatic rings. The Morgan fingerprint density at radius 1 is 0.912 bits per heavy atom. The summed E-state index contributed by atoms with van der Waals surface area (Å²) < 4.78 is 38.8. The van der Waals surface area contributed by atoms with Crippen LogP contribution in [0.1, 0.15) is 29.7 Å². The quantitative estimate of drug-likeness (QED) is 0.489. The fourth-order valence-corrected chi connectivity index (χ4v) is 5.18. The van der Waals surface area contributed by atoms with Crippen molar-refractivity contribution in [1.82, 2.24) is 5.32 Å². The van der Waals surface area contributed by atoms with E-state index in [-0.39, 0.29) is 17.5 Å². The fraction of sp³-hybridized carbons (Fsp3) is 0.269. The Kier molecular flexibility index (Phi) is 7.83. The molecule has 1 atom stereocenters. The van der Waals surface area contributed by atoms with Crippen molar-refractivity contribution < 1.29 is 22.7 Å². The SMILES string of the molecule is COc1ccc([C@H](C)NC(=O)CN(c2cc(C)cc(C)c2)S(=O)(=O)c2ccccc2)cc1OC. The lowest BCUT2D eigenvalue weighted by Gasteiger charge is -2.26. The summed E-state index contributed by atoms with van der Waals surface area (Å²) in [5.74, 6) is 0.699. The van der Waals surface area contributed by atoms with Gasteiger partial charge in [-0.15, -0.1) is 0 Å². The highest BCUT2D eigenvalue weighted by atomic mass is 32.2. The Bertz CT molecular complexity index is 1240. The number of ether oxygens (including phenoxy) is 2. The first kappa shape index (κ1) is 25.1.